The lowest BCUT2D eigenvalue weighted by Gasteiger charge is -2.15. The third kappa shape index (κ3) is 2.24. The molecule has 9 nitrogen and oxygen atoms in total. The Morgan fingerprint density at radius 2 is 2.00 bits per heavy atom. The summed E-state index contributed by atoms with van der Waals surface area (Å²) < 4.78 is 31.7. The predicted molar refractivity (Wildman–Crippen MR) is 66.4 cm³/mol. The van der Waals surface area contributed by atoms with Crippen molar-refractivity contribution in [1.29, 1.82) is 0 Å². The Balaban J connectivity index is 2.83. The zero-order chi connectivity index (χ0) is 15.1. The SMILES string of the molecule is [N-]=[N+]=C1c2ccc([N+](=O)[O-])cc2C(S(=O)(=O)O)=CC1O. The number of benzene rings is 1. The predicted octanol–water partition coefficient (Wildman–Crippen LogP) is 0.217. The van der Waals surface area contributed by atoms with E-state index in [1.807, 2.05) is 0 Å². The van der Waals surface area contributed by atoms with Gasteiger partial charge in [-0.15, -0.1) is 0 Å². The minimum Gasteiger partial charge on any atom is -0.377 e. The summed E-state index contributed by atoms with van der Waals surface area (Å²) >= 11 is 0. The third-order valence-corrected chi connectivity index (χ3v) is 3.64. The van der Waals surface area contributed by atoms with Crippen LogP contribution in [0.5, 0.6) is 0 Å². The minimum absolute atomic E-state index is 0.0271. The van der Waals surface area contributed by atoms with E-state index in [4.69, 9.17) is 10.1 Å². The van der Waals surface area contributed by atoms with Crippen LogP contribution in [0.15, 0.2) is 24.3 Å². The van der Waals surface area contributed by atoms with E-state index in [0.29, 0.717) is 0 Å². The Hall–Kier alpha value is -2.39. The molecule has 1 aromatic rings. The van der Waals surface area contributed by atoms with E-state index in [9.17, 15) is 23.6 Å². The summed E-state index contributed by atoms with van der Waals surface area (Å²) in [4.78, 5) is 12.1. The molecule has 104 valence electrons. The second-order valence-corrected chi connectivity index (χ2v) is 5.31. The lowest BCUT2D eigenvalue weighted by Crippen LogP contribution is -2.27. The number of aliphatic hydroxyl groups excluding tert-OH is 1. The normalized spacial score (nSPS) is 18.0. The van der Waals surface area contributed by atoms with Crippen molar-refractivity contribution in [1.82, 2.24) is 0 Å². The van der Waals surface area contributed by atoms with Gasteiger partial charge < -0.3 is 10.6 Å². The molecular formula is C10H7N3O6S. The highest BCUT2D eigenvalue weighted by Gasteiger charge is 2.36. The van der Waals surface area contributed by atoms with Crippen LogP contribution in [0.2, 0.25) is 0 Å². The first-order valence-corrected chi connectivity index (χ1v) is 6.58. The highest BCUT2D eigenvalue weighted by molar-refractivity contribution is 7.95. The summed E-state index contributed by atoms with van der Waals surface area (Å²) in [5, 5.41) is 20.4. The van der Waals surface area contributed by atoms with E-state index in [-0.39, 0.29) is 16.8 Å². The fourth-order valence-electron chi connectivity index (χ4n) is 1.88. The fraction of sp³-hybridized carbons (Fsp3) is 0.100. The summed E-state index contributed by atoms with van der Waals surface area (Å²) in [5.74, 6) is 0. The average molecular weight is 297 g/mol. The quantitative estimate of drug-likeness (QED) is 0.261. The van der Waals surface area contributed by atoms with Gasteiger partial charge in [0, 0.05) is 17.7 Å². The maximum atomic E-state index is 11.3. The Labute approximate surface area is 112 Å². The van der Waals surface area contributed by atoms with Crippen LogP contribution in [0.25, 0.3) is 10.4 Å². The van der Waals surface area contributed by atoms with Crippen LogP contribution in [0.3, 0.4) is 0 Å². The van der Waals surface area contributed by atoms with Crippen molar-refractivity contribution in [3.05, 3.63) is 51.0 Å². The van der Waals surface area contributed by atoms with E-state index < -0.39 is 31.7 Å². The molecule has 0 fully saturated rings. The van der Waals surface area contributed by atoms with Gasteiger partial charge in [0.2, 0.25) is 0 Å². The molecule has 20 heavy (non-hydrogen) atoms. The third-order valence-electron chi connectivity index (χ3n) is 2.73. The Bertz CT molecular complexity index is 791. The number of nitro groups is 1. The van der Waals surface area contributed by atoms with E-state index in [1.54, 1.807) is 0 Å². The Morgan fingerprint density at radius 1 is 1.35 bits per heavy atom. The molecule has 0 saturated heterocycles. The number of hydrogen-bond donors (Lipinski definition) is 2. The van der Waals surface area contributed by atoms with Gasteiger partial charge in [-0.25, -0.2) is 0 Å². The highest BCUT2D eigenvalue weighted by Crippen LogP contribution is 2.32. The molecule has 2 rings (SSSR count). The summed E-state index contributed by atoms with van der Waals surface area (Å²) in [6, 6.07) is 3.10. The number of nitrogens with zero attached hydrogens (tertiary/aromatic N) is 3. The first-order chi connectivity index (χ1) is 9.25. The largest absolute Gasteiger partial charge is 0.377 e. The highest BCUT2D eigenvalue weighted by atomic mass is 32.2. The van der Waals surface area contributed by atoms with Crippen LogP contribution in [0.1, 0.15) is 11.1 Å². The van der Waals surface area contributed by atoms with Gasteiger partial charge in [-0.1, -0.05) is 0 Å². The first kappa shape index (κ1) is 14.0. The van der Waals surface area contributed by atoms with Crippen LogP contribution < -0.4 is 0 Å². The number of fused-ring (bicyclic) bond motifs is 1. The maximum Gasteiger partial charge on any atom is 0.331 e. The summed E-state index contributed by atoms with van der Waals surface area (Å²) in [7, 11) is -4.70. The molecular weight excluding hydrogens is 290 g/mol. The van der Waals surface area contributed by atoms with Gasteiger partial charge in [0.05, 0.1) is 10.5 Å². The molecule has 1 atom stereocenters. The average Bonchev–Trinajstić information content (AvgIpc) is 2.36. The minimum atomic E-state index is -4.70. The number of aliphatic hydroxyl groups is 1. The monoisotopic (exact) mass is 297 g/mol. The van der Waals surface area contributed by atoms with E-state index in [0.717, 1.165) is 24.3 Å². The number of non-ortho nitro benzene ring substituents is 1. The molecule has 0 heterocycles. The van der Waals surface area contributed by atoms with Crippen molar-refractivity contribution < 1.29 is 27.8 Å². The topological polar surface area (TPSA) is 154 Å². The molecule has 1 aliphatic rings. The van der Waals surface area contributed by atoms with Gasteiger partial charge in [0.15, 0.2) is 6.10 Å². The van der Waals surface area contributed by atoms with Crippen molar-refractivity contribution >= 4 is 26.4 Å². The molecule has 0 bridgehead atoms. The Kier molecular flexibility index (Phi) is 3.24. The number of nitro benzene ring substituents is 1. The summed E-state index contributed by atoms with van der Waals surface area (Å²) in [5.41, 5.74) is 7.89. The van der Waals surface area contributed by atoms with Gasteiger partial charge >= 0.3 is 5.71 Å². The van der Waals surface area contributed by atoms with E-state index >= 15 is 0 Å². The molecule has 10 heteroatoms. The van der Waals surface area contributed by atoms with Crippen LogP contribution in [-0.4, -0.2) is 39.6 Å². The van der Waals surface area contributed by atoms with E-state index in [1.165, 1.54) is 0 Å². The van der Waals surface area contributed by atoms with Gasteiger partial charge in [-0.3, -0.25) is 14.7 Å². The van der Waals surface area contributed by atoms with Gasteiger partial charge in [0.25, 0.3) is 15.8 Å². The fourth-order valence-corrected chi connectivity index (χ4v) is 2.63. The molecule has 0 radical (unpaired) electrons. The molecule has 0 saturated carbocycles. The molecule has 1 aliphatic carbocycles. The standard InChI is InChI=1S/C10H7N3O6S/c11-12-10-6-2-1-5(13(15)16)3-7(6)9(4-8(10)14)20(17,18)19/h1-4,8,14H,(H,17,18,19). The smallest absolute Gasteiger partial charge is 0.331 e. The number of rotatable bonds is 2. The molecule has 0 aromatic heterocycles. The van der Waals surface area contributed by atoms with Crippen molar-refractivity contribution in [2.24, 2.45) is 0 Å². The zero-order valence-corrected chi connectivity index (χ0v) is 10.5. The van der Waals surface area contributed by atoms with Crippen molar-refractivity contribution in [2.45, 2.75) is 6.10 Å². The number of hydrogen-bond acceptors (Lipinski definition) is 5. The second kappa shape index (κ2) is 4.62. The van der Waals surface area contributed by atoms with Gasteiger partial charge in [-0.05, 0) is 12.1 Å². The van der Waals surface area contributed by atoms with Crippen molar-refractivity contribution in [3.8, 4) is 0 Å². The molecule has 0 amide bonds. The molecule has 0 spiro atoms. The zero-order valence-electron chi connectivity index (χ0n) is 9.66. The van der Waals surface area contributed by atoms with Gasteiger partial charge in [-0.2, -0.15) is 13.2 Å². The first-order valence-electron chi connectivity index (χ1n) is 5.14. The van der Waals surface area contributed by atoms with Crippen molar-refractivity contribution in [3.63, 3.8) is 0 Å². The lowest BCUT2D eigenvalue weighted by atomic mass is 9.93. The molecule has 0 aliphatic heterocycles. The molecule has 2 N–H and O–H groups in total. The van der Waals surface area contributed by atoms with Crippen molar-refractivity contribution in [2.75, 3.05) is 0 Å². The van der Waals surface area contributed by atoms with Crippen LogP contribution in [0.4, 0.5) is 5.69 Å². The summed E-state index contributed by atoms with van der Waals surface area (Å²) in [6.07, 6.45) is -0.831. The maximum absolute atomic E-state index is 11.3. The summed E-state index contributed by atoms with van der Waals surface area (Å²) in [6.45, 7) is 0. The molecule has 1 aromatic carbocycles. The van der Waals surface area contributed by atoms with Crippen LogP contribution in [0, 0.1) is 10.1 Å². The van der Waals surface area contributed by atoms with E-state index in [2.05, 4.69) is 4.79 Å². The van der Waals surface area contributed by atoms with Crippen LogP contribution >= 0.6 is 0 Å². The second-order valence-electron chi connectivity index (χ2n) is 3.92. The van der Waals surface area contributed by atoms with Crippen LogP contribution in [-0.2, 0) is 10.1 Å². The Morgan fingerprint density at radius 3 is 2.50 bits per heavy atom. The lowest BCUT2D eigenvalue weighted by molar-refractivity contribution is -0.384. The van der Waals surface area contributed by atoms with Gasteiger partial charge in [0.1, 0.15) is 4.91 Å². The molecule has 1 unspecified atom stereocenters.